The Morgan fingerprint density at radius 1 is 1.14 bits per heavy atom. The van der Waals surface area contributed by atoms with E-state index in [1.807, 2.05) is 57.2 Å². The van der Waals surface area contributed by atoms with Crippen LogP contribution < -0.4 is 10.6 Å². The fraction of sp³-hybridized carbons (Fsp3) is 0.345. The highest BCUT2D eigenvalue weighted by atomic mass is 16.5. The van der Waals surface area contributed by atoms with Crippen molar-refractivity contribution < 1.29 is 9.53 Å². The Labute approximate surface area is 211 Å². The van der Waals surface area contributed by atoms with Gasteiger partial charge in [-0.1, -0.05) is 50.2 Å². The molecule has 7 nitrogen and oxygen atoms in total. The summed E-state index contributed by atoms with van der Waals surface area (Å²) in [4.78, 5) is 22.5. The number of ether oxygens (including phenoxy) is 1. The van der Waals surface area contributed by atoms with E-state index >= 15 is 0 Å². The molecule has 1 unspecified atom stereocenters. The highest BCUT2D eigenvalue weighted by molar-refractivity contribution is 6.02. The monoisotopic (exact) mass is 483 g/mol. The second-order valence-electron chi connectivity index (χ2n) is 9.70. The number of carbonyl (C=O) groups is 1. The first-order valence-electron chi connectivity index (χ1n) is 12.6. The van der Waals surface area contributed by atoms with E-state index in [9.17, 15) is 4.79 Å². The summed E-state index contributed by atoms with van der Waals surface area (Å²) in [5, 5.41) is 7.61. The number of amides is 1. The number of fused-ring (bicyclic) bond motifs is 2. The molecule has 0 saturated heterocycles. The van der Waals surface area contributed by atoms with Crippen molar-refractivity contribution in [2.75, 3.05) is 17.7 Å². The molecule has 5 rings (SSSR count). The Balaban J connectivity index is 1.61. The molecule has 0 fully saturated rings. The summed E-state index contributed by atoms with van der Waals surface area (Å²) in [6, 6.07) is 18.3. The van der Waals surface area contributed by atoms with E-state index in [4.69, 9.17) is 14.7 Å². The number of hydrogen-bond acceptors (Lipinski definition) is 5. The molecule has 0 aliphatic heterocycles. The van der Waals surface area contributed by atoms with Gasteiger partial charge < -0.3 is 15.4 Å². The van der Waals surface area contributed by atoms with Gasteiger partial charge in [-0.2, -0.15) is 4.98 Å². The zero-order chi connectivity index (χ0) is 25.2. The molecule has 7 heteroatoms. The lowest BCUT2D eigenvalue weighted by Crippen LogP contribution is -2.20. The lowest BCUT2D eigenvalue weighted by Gasteiger charge is -2.26. The molecule has 1 atom stereocenters. The van der Waals surface area contributed by atoms with E-state index < -0.39 is 0 Å². The van der Waals surface area contributed by atoms with Crippen molar-refractivity contribution in [3.8, 4) is 5.95 Å². The molecule has 1 aliphatic carbocycles. The number of aryl methyl sites for hydroxylation is 1. The van der Waals surface area contributed by atoms with Crippen molar-refractivity contribution in [2.24, 2.45) is 5.92 Å². The first-order chi connectivity index (χ1) is 17.5. The van der Waals surface area contributed by atoms with Crippen LogP contribution in [-0.2, 0) is 22.5 Å². The van der Waals surface area contributed by atoms with Crippen LogP contribution in [0.4, 0.5) is 11.5 Å². The van der Waals surface area contributed by atoms with Crippen molar-refractivity contribution in [1.82, 2.24) is 14.5 Å². The van der Waals surface area contributed by atoms with E-state index in [1.54, 1.807) is 7.11 Å². The Morgan fingerprint density at radius 3 is 2.69 bits per heavy atom. The van der Waals surface area contributed by atoms with E-state index in [0.717, 1.165) is 58.6 Å². The molecule has 4 aromatic rings. The van der Waals surface area contributed by atoms with Crippen LogP contribution in [-0.4, -0.2) is 27.6 Å². The van der Waals surface area contributed by atoms with Crippen molar-refractivity contribution >= 4 is 28.3 Å². The maximum absolute atomic E-state index is 12.4. The van der Waals surface area contributed by atoms with Crippen LogP contribution in [0.5, 0.6) is 0 Å². The van der Waals surface area contributed by atoms with Gasteiger partial charge >= 0.3 is 0 Å². The molecule has 2 N–H and O–H groups in total. The third kappa shape index (κ3) is 4.58. The number of carbonyl (C=O) groups excluding carboxylic acids is 1. The van der Waals surface area contributed by atoms with Gasteiger partial charge in [0.25, 0.3) is 0 Å². The molecule has 0 spiro atoms. The van der Waals surface area contributed by atoms with E-state index in [0.29, 0.717) is 12.5 Å². The average molecular weight is 484 g/mol. The molecule has 36 heavy (non-hydrogen) atoms. The standard InChI is InChI=1S/C29H33N5O2/c1-18(2)28(35)31-23-13-9-14-24-22(23)16-19(3)34(24)29-32-26-21(12-8-15-25(26)36-4)27(33-29)30-17-20-10-6-5-7-11-20/h5-7,9-11,13-14,16,18,25H,8,12,15,17H2,1-4H3,(H,31,35)(H,30,32,33). The van der Waals surface area contributed by atoms with E-state index in [2.05, 4.69) is 33.4 Å². The summed E-state index contributed by atoms with van der Waals surface area (Å²) in [6.45, 7) is 6.51. The smallest absolute Gasteiger partial charge is 0.236 e. The number of nitrogens with zero attached hydrogens (tertiary/aromatic N) is 3. The minimum absolute atomic E-state index is 0.00623. The van der Waals surface area contributed by atoms with Gasteiger partial charge in [0.05, 0.1) is 23.0 Å². The molecular formula is C29H33N5O2. The quantitative estimate of drug-likeness (QED) is 0.339. The van der Waals surface area contributed by atoms with Gasteiger partial charge in [-0.25, -0.2) is 4.98 Å². The fourth-order valence-corrected chi connectivity index (χ4v) is 4.87. The maximum Gasteiger partial charge on any atom is 0.236 e. The van der Waals surface area contributed by atoms with E-state index in [-0.39, 0.29) is 17.9 Å². The Kier molecular flexibility index (Phi) is 6.74. The van der Waals surface area contributed by atoms with Gasteiger partial charge in [-0.05, 0) is 49.9 Å². The Morgan fingerprint density at radius 2 is 1.94 bits per heavy atom. The topological polar surface area (TPSA) is 81.1 Å². The Bertz CT molecular complexity index is 1390. The zero-order valence-electron chi connectivity index (χ0n) is 21.3. The second kappa shape index (κ2) is 10.1. The summed E-state index contributed by atoms with van der Waals surface area (Å²) in [5.41, 5.74) is 6.02. The number of benzene rings is 2. The third-order valence-electron chi connectivity index (χ3n) is 6.82. The molecular weight excluding hydrogens is 450 g/mol. The number of rotatable bonds is 7. The summed E-state index contributed by atoms with van der Waals surface area (Å²) in [7, 11) is 1.75. The average Bonchev–Trinajstić information content (AvgIpc) is 3.24. The second-order valence-corrected chi connectivity index (χ2v) is 9.70. The Hall–Kier alpha value is -3.71. The van der Waals surface area contributed by atoms with Crippen LogP contribution in [0.15, 0.2) is 54.6 Å². The molecule has 2 aromatic heterocycles. The summed E-state index contributed by atoms with van der Waals surface area (Å²) in [5.74, 6) is 1.35. The number of methoxy groups -OCH3 is 1. The fourth-order valence-electron chi connectivity index (χ4n) is 4.87. The molecule has 1 aliphatic rings. The normalized spacial score (nSPS) is 15.2. The van der Waals surface area contributed by atoms with Crippen LogP contribution >= 0.6 is 0 Å². The SMILES string of the molecule is COC1CCCc2c(NCc3ccccc3)nc(-n3c(C)cc4c(NC(=O)C(C)C)cccc43)nc21. The first-order valence-corrected chi connectivity index (χ1v) is 12.6. The zero-order valence-corrected chi connectivity index (χ0v) is 21.3. The number of anilines is 2. The molecule has 2 aromatic carbocycles. The van der Waals surface area contributed by atoms with Gasteiger partial charge in [-0.3, -0.25) is 9.36 Å². The van der Waals surface area contributed by atoms with Crippen LogP contribution in [0.25, 0.3) is 16.9 Å². The van der Waals surface area contributed by atoms with Crippen molar-refractivity contribution in [2.45, 2.75) is 52.7 Å². The number of nitrogens with one attached hydrogen (secondary N) is 2. The predicted octanol–water partition coefficient (Wildman–Crippen LogP) is 5.96. The van der Waals surface area contributed by atoms with Crippen molar-refractivity contribution in [3.63, 3.8) is 0 Å². The van der Waals surface area contributed by atoms with Gasteiger partial charge in [0.2, 0.25) is 11.9 Å². The van der Waals surface area contributed by atoms with Crippen molar-refractivity contribution in [3.05, 3.63) is 77.1 Å². The van der Waals surface area contributed by atoms with Gasteiger partial charge in [0.15, 0.2) is 0 Å². The van der Waals surface area contributed by atoms with E-state index in [1.165, 1.54) is 5.56 Å². The summed E-state index contributed by atoms with van der Waals surface area (Å²) in [6.07, 6.45) is 2.84. The largest absolute Gasteiger partial charge is 0.375 e. The summed E-state index contributed by atoms with van der Waals surface area (Å²) >= 11 is 0. The van der Waals surface area contributed by atoms with Crippen LogP contribution in [0.1, 0.15) is 55.3 Å². The molecule has 1 amide bonds. The van der Waals surface area contributed by atoms with Crippen molar-refractivity contribution in [1.29, 1.82) is 0 Å². The minimum atomic E-state index is -0.100. The summed E-state index contributed by atoms with van der Waals surface area (Å²) < 4.78 is 7.90. The van der Waals surface area contributed by atoms with Gasteiger partial charge in [-0.15, -0.1) is 0 Å². The lowest BCUT2D eigenvalue weighted by molar-refractivity contribution is -0.118. The maximum atomic E-state index is 12.4. The molecule has 2 heterocycles. The van der Waals surface area contributed by atoms with Crippen LogP contribution in [0, 0.1) is 12.8 Å². The van der Waals surface area contributed by atoms with Gasteiger partial charge in [0.1, 0.15) is 5.82 Å². The highest BCUT2D eigenvalue weighted by Gasteiger charge is 2.27. The molecule has 0 radical (unpaired) electrons. The third-order valence-corrected chi connectivity index (χ3v) is 6.82. The minimum Gasteiger partial charge on any atom is -0.375 e. The molecule has 186 valence electrons. The lowest BCUT2D eigenvalue weighted by atomic mass is 9.93. The predicted molar refractivity (Wildman–Crippen MR) is 144 cm³/mol. The number of aromatic nitrogens is 3. The first kappa shape index (κ1) is 24.0. The van der Waals surface area contributed by atoms with Crippen LogP contribution in [0.2, 0.25) is 0 Å². The number of hydrogen-bond donors (Lipinski definition) is 2. The van der Waals surface area contributed by atoms with Gasteiger partial charge in [0, 0.05) is 36.2 Å². The molecule has 0 bridgehead atoms. The molecule has 0 saturated carbocycles. The highest BCUT2D eigenvalue weighted by Crippen LogP contribution is 2.36. The van der Waals surface area contributed by atoms with Crippen LogP contribution in [0.3, 0.4) is 0 Å².